The molecule has 166 valence electrons. The normalized spacial score (nSPS) is 10.9. The van der Waals surface area contributed by atoms with Crippen LogP contribution in [0.5, 0.6) is 11.5 Å². The Hall–Kier alpha value is -4.14. The molecule has 0 aromatic heterocycles. The zero-order valence-electron chi connectivity index (χ0n) is 17.3. The summed E-state index contributed by atoms with van der Waals surface area (Å²) in [4.78, 5) is 11.9. The second-order valence-electron chi connectivity index (χ2n) is 7.07. The predicted molar refractivity (Wildman–Crippen MR) is 127 cm³/mol. The average Bonchev–Trinajstić information content (AvgIpc) is 2.80. The van der Waals surface area contributed by atoms with E-state index in [1.165, 1.54) is 12.1 Å². The third kappa shape index (κ3) is 5.76. The van der Waals surface area contributed by atoms with Crippen LogP contribution in [0.15, 0.2) is 108 Å². The highest BCUT2D eigenvalue weighted by molar-refractivity contribution is 7.86. The molecule has 4 rings (SSSR count). The number of urea groups is 1. The quantitative estimate of drug-likeness (QED) is 0.304. The summed E-state index contributed by atoms with van der Waals surface area (Å²) in [5.74, 6) is 1.00. The molecule has 0 bridgehead atoms. The maximum absolute atomic E-state index is 12.2. The minimum Gasteiger partial charge on any atom is -0.457 e. The van der Waals surface area contributed by atoms with Crippen molar-refractivity contribution >= 4 is 27.5 Å². The molecule has 0 radical (unpaired) electrons. The van der Waals surface area contributed by atoms with E-state index in [1.54, 1.807) is 54.6 Å². The van der Waals surface area contributed by atoms with Crippen molar-refractivity contribution in [1.29, 1.82) is 0 Å². The van der Waals surface area contributed by atoms with Gasteiger partial charge in [0.15, 0.2) is 0 Å². The number of ether oxygens (including phenoxy) is 1. The van der Waals surface area contributed by atoms with Crippen LogP contribution in [0.2, 0.25) is 0 Å². The summed E-state index contributed by atoms with van der Waals surface area (Å²) in [5.41, 5.74) is 1.96. The van der Waals surface area contributed by atoms with Gasteiger partial charge < -0.3 is 15.4 Å². The fraction of sp³-hybridized carbons (Fsp3) is 0. The van der Waals surface area contributed by atoms with Crippen molar-refractivity contribution in [2.24, 2.45) is 0 Å². The van der Waals surface area contributed by atoms with Crippen LogP contribution in [0.25, 0.3) is 11.1 Å². The number of para-hydroxylation sites is 2. The molecule has 0 spiro atoms. The first-order chi connectivity index (χ1) is 15.9. The Morgan fingerprint density at radius 1 is 0.697 bits per heavy atom. The highest BCUT2D eigenvalue weighted by Gasteiger charge is 2.18. The zero-order chi connectivity index (χ0) is 23.3. The third-order valence-electron chi connectivity index (χ3n) is 4.69. The molecule has 0 heterocycles. The van der Waals surface area contributed by atoms with E-state index in [-0.39, 0.29) is 10.5 Å². The molecule has 0 saturated heterocycles. The highest BCUT2D eigenvalue weighted by Crippen LogP contribution is 2.33. The topological polar surface area (TPSA) is 105 Å². The second-order valence-corrected chi connectivity index (χ2v) is 8.46. The van der Waals surface area contributed by atoms with E-state index < -0.39 is 16.1 Å². The van der Waals surface area contributed by atoms with Crippen molar-refractivity contribution in [2.75, 3.05) is 10.6 Å². The molecule has 0 aliphatic heterocycles. The number of hydrogen-bond acceptors (Lipinski definition) is 4. The van der Waals surface area contributed by atoms with E-state index in [2.05, 4.69) is 10.6 Å². The maximum Gasteiger partial charge on any atom is 0.323 e. The Morgan fingerprint density at radius 3 is 1.88 bits per heavy atom. The van der Waals surface area contributed by atoms with Crippen molar-refractivity contribution in [3.05, 3.63) is 103 Å². The standard InChI is InChI=1S/C25H20N2O5S/c28-25(26-19-7-3-1-4-8-19)27-20-13-11-18(12-14-20)23-17-22(15-16-24(23)33(29,30)31)32-21-9-5-2-6-10-21/h1-17H,(H2,26,27,28)(H,29,30,31). The molecular weight excluding hydrogens is 440 g/mol. The second kappa shape index (κ2) is 9.56. The first-order valence-corrected chi connectivity index (χ1v) is 11.4. The minimum absolute atomic E-state index is 0.245. The molecule has 0 aliphatic rings. The Morgan fingerprint density at radius 2 is 1.27 bits per heavy atom. The van der Waals surface area contributed by atoms with Gasteiger partial charge in [-0.3, -0.25) is 4.55 Å². The van der Waals surface area contributed by atoms with Crippen LogP contribution < -0.4 is 15.4 Å². The summed E-state index contributed by atoms with van der Waals surface area (Å²) in [6.07, 6.45) is 0. The first kappa shape index (κ1) is 22.1. The van der Waals surface area contributed by atoms with Crippen molar-refractivity contribution in [3.8, 4) is 22.6 Å². The highest BCUT2D eigenvalue weighted by atomic mass is 32.2. The molecule has 0 aliphatic carbocycles. The van der Waals surface area contributed by atoms with Gasteiger partial charge in [0.2, 0.25) is 0 Å². The summed E-state index contributed by atoms with van der Waals surface area (Å²) in [7, 11) is -4.47. The Labute approximate surface area is 191 Å². The van der Waals surface area contributed by atoms with Crippen molar-refractivity contribution in [1.82, 2.24) is 0 Å². The number of nitrogens with one attached hydrogen (secondary N) is 2. The molecule has 4 aromatic rings. The summed E-state index contributed by atoms with van der Waals surface area (Å²) in [5, 5.41) is 5.43. The monoisotopic (exact) mass is 460 g/mol. The van der Waals surface area contributed by atoms with Gasteiger partial charge in [-0.2, -0.15) is 8.42 Å². The van der Waals surface area contributed by atoms with Crippen LogP contribution in [0.1, 0.15) is 0 Å². The lowest BCUT2D eigenvalue weighted by Crippen LogP contribution is -2.19. The van der Waals surface area contributed by atoms with E-state index in [9.17, 15) is 17.8 Å². The van der Waals surface area contributed by atoms with Gasteiger partial charge in [0.05, 0.1) is 0 Å². The van der Waals surface area contributed by atoms with Gasteiger partial charge in [0.1, 0.15) is 16.4 Å². The smallest absolute Gasteiger partial charge is 0.323 e. The molecule has 0 fully saturated rings. The van der Waals surface area contributed by atoms with Crippen LogP contribution >= 0.6 is 0 Å². The van der Waals surface area contributed by atoms with Gasteiger partial charge in [-0.1, -0.05) is 48.5 Å². The maximum atomic E-state index is 12.2. The fourth-order valence-electron chi connectivity index (χ4n) is 3.20. The average molecular weight is 461 g/mol. The summed E-state index contributed by atoms with van der Waals surface area (Å²) in [6, 6.07) is 28.5. The number of carbonyl (C=O) groups excluding carboxylic acids is 1. The van der Waals surface area contributed by atoms with E-state index in [0.717, 1.165) is 0 Å². The molecule has 8 heteroatoms. The molecule has 4 aromatic carbocycles. The van der Waals surface area contributed by atoms with E-state index >= 15 is 0 Å². The van der Waals surface area contributed by atoms with Crippen molar-refractivity contribution in [3.63, 3.8) is 0 Å². The lowest BCUT2D eigenvalue weighted by Gasteiger charge is -2.12. The third-order valence-corrected chi connectivity index (χ3v) is 5.61. The van der Waals surface area contributed by atoms with Gasteiger partial charge in [0, 0.05) is 16.9 Å². The fourth-order valence-corrected chi connectivity index (χ4v) is 3.89. The molecular formula is C25H20N2O5S. The molecule has 0 unspecified atom stereocenters. The summed E-state index contributed by atoms with van der Waals surface area (Å²) >= 11 is 0. The molecule has 3 N–H and O–H groups in total. The minimum atomic E-state index is -4.47. The number of rotatable bonds is 6. The van der Waals surface area contributed by atoms with Crippen molar-refractivity contribution in [2.45, 2.75) is 4.90 Å². The number of benzene rings is 4. The van der Waals surface area contributed by atoms with Crippen LogP contribution in [-0.2, 0) is 10.1 Å². The van der Waals surface area contributed by atoms with E-state index in [1.807, 2.05) is 36.4 Å². The van der Waals surface area contributed by atoms with Gasteiger partial charge >= 0.3 is 6.03 Å². The van der Waals surface area contributed by atoms with Gasteiger partial charge in [-0.05, 0) is 60.2 Å². The van der Waals surface area contributed by atoms with Crippen LogP contribution in [0, 0.1) is 0 Å². The first-order valence-electron chi connectivity index (χ1n) is 9.96. The Balaban J connectivity index is 1.57. The molecule has 0 saturated carbocycles. The van der Waals surface area contributed by atoms with Gasteiger partial charge in [0.25, 0.3) is 10.1 Å². The summed E-state index contributed by atoms with van der Waals surface area (Å²) < 4.78 is 39.4. The number of hydrogen-bond donors (Lipinski definition) is 3. The lowest BCUT2D eigenvalue weighted by molar-refractivity contribution is 0.262. The van der Waals surface area contributed by atoms with E-state index in [4.69, 9.17) is 4.74 Å². The van der Waals surface area contributed by atoms with Crippen LogP contribution in [0.4, 0.5) is 16.2 Å². The van der Waals surface area contributed by atoms with Crippen LogP contribution in [-0.4, -0.2) is 19.0 Å². The largest absolute Gasteiger partial charge is 0.457 e. The molecule has 7 nitrogen and oxygen atoms in total. The lowest BCUT2D eigenvalue weighted by atomic mass is 10.0. The van der Waals surface area contributed by atoms with Crippen LogP contribution in [0.3, 0.4) is 0 Å². The Bertz CT molecular complexity index is 1360. The SMILES string of the molecule is O=C(Nc1ccccc1)Nc1ccc(-c2cc(Oc3ccccc3)ccc2S(=O)(=O)O)cc1. The van der Waals surface area contributed by atoms with E-state index in [0.29, 0.717) is 28.4 Å². The Kier molecular flexibility index (Phi) is 6.39. The predicted octanol–water partition coefficient (Wildman–Crippen LogP) is 6.04. The van der Waals surface area contributed by atoms with Gasteiger partial charge in [-0.15, -0.1) is 0 Å². The molecule has 0 atom stereocenters. The number of amides is 2. The number of carbonyl (C=O) groups is 1. The van der Waals surface area contributed by atoms with Gasteiger partial charge in [-0.25, -0.2) is 4.79 Å². The molecule has 33 heavy (non-hydrogen) atoms. The van der Waals surface area contributed by atoms with Crippen molar-refractivity contribution < 1.29 is 22.5 Å². The number of anilines is 2. The summed E-state index contributed by atoms with van der Waals surface area (Å²) in [6.45, 7) is 0. The zero-order valence-corrected chi connectivity index (χ0v) is 18.1. The molecule has 2 amide bonds.